The van der Waals surface area contributed by atoms with Gasteiger partial charge in [-0.2, -0.15) is 0 Å². The lowest BCUT2D eigenvalue weighted by Gasteiger charge is -2.21. The van der Waals surface area contributed by atoms with E-state index in [0.717, 1.165) is 0 Å². The summed E-state index contributed by atoms with van der Waals surface area (Å²) in [7, 11) is 3.43. The lowest BCUT2D eigenvalue weighted by molar-refractivity contribution is -0.128. The van der Waals surface area contributed by atoms with Gasteiger partial charge in [0.1, 0.15) is 11.6 Å². The number of aromatic nitrogens is 2. The van der Waals surface area contributed by atoms with Crippen LogP contribution in [0.5, 0.6) is 5.75 Å². The molecule has 0 bridgehead atoms. The summed E-state index contributed by atoms with van der Waals surface area (Å²) in [4.78, 5) is 13.7. The molecule has 1 aromatic carbocycles. The molecule has 2 rings (SSSR count). The average molecular weight is 353 g/mol. The largest absolute Gasteiger partial charge is 0.484 e. The van der Waals surface area contributed by atoms with Gasteiger partial charge in [0, 0.05) is 14.1 Å². The molecule has 8 heteroatoms. The summed E-state index contributed by atoms with van der Waals surface area (Å²) < 4.78 is 23.8. The fraction of sp³-hybridized carbons (Fsp3) is 0.438. The Balaban J connectivity index is 1.96. The second-order valence-corrected chi connectivity index (χ2v) is 6.81. The van der Waals surface area contributed by atoms with E-state index in [-0.39, 0.29) is 29.5 Å². The van der Waals surface area contributed by atoms with E-state index in [0.29, 0.717) is 16.9 Å². The second kappa shape index (κ2) is 8.14. The Morgan fingerprint density at radius 2 is 1.96 bits per heavy atom. The number of hydrogen-bond acceptors (Lipinski definition) is 6. The van der Waals surface area contributed by atoms with Gasteiger partial charge in [0.25, 0.3) is 11.1 Å². The van der Waals surface area contributed by atoms with Crippen molar-refractivity contribution in [3.8, 4) is 5.75 Å². The first-order valence-electron chi connectivity index (χ1n) is 7.45. The van der Waals surface area contributed by atoms with Crippen LogP contribution in [0.1, 0.15) is 19.7 Å². The predicted molar refractivity (Wildman–Crippen MR) is 88.2 cm³/mol. The minimum atomic E-state index is -0.330. The zero-order valence-corrected chi connectivity index (χ0v) is 14.8. The van der Waals surface area contributed by atoms with Crippen molar-refractivity contribution in [1.29, 1.82) is 0 Å². The maximum absolute atomic E-state index is 12.8. The molecule has 0 saturated heterocycles. The van der Waals surface area contributed by atoms with E-state index in [4.69, 9.17) is 9.15 Å². The predicted octanol–water partition coefficient (Wildman–Crippen LogP) is 2.99. The van der Waals surface area contributed by atoms with Gasteiger partial charge in [-0.1, -0.05) is 25.6 Å². The zero-order chi connectivity index (χ0) is 17.7. The van der Waals surface area contributed by atoms with Gasteiger partial charge in [-0.05, 0) is 30.2 Å². The first-order chi connectivity index (χ1) is 11.4. The highest BCUT2D eigenvalue weighted by Crippen LogP contribution is 2.28. The first-order valence-corrected chi connectivity index (χ1v) is 8.33. The summed E-state index contributed by atoms with van der Waals surface area (Å²) in [6.45, 7) is 4.01. The highest BCUT2D eigenvalue weighted by atomic mass is 32.2. The summed E-state index contributed by atoms with van der Waals surface area (Å²) in [5.74, 6) is 0.588. The number of benzene rings is 1. The van der Waals surface area contributed by atoms with E-state index in [2.05, 4.69) is 10.2 Å². The molecule has 0 spiro atoms. The van der Waals surface area contributed by atoms with Crippen molar-refractivity contribution in [2.75, 3.05) is 14.1 Å². The maximum Gasteiger partial charge on any atom is 0.277 e. The highest BCUT2D eigenvalue weighted by Gasteiger charge is 2.27. The zero-order valence-electron chi connectivity index (χ0n) is 14.0. The smallest absolute Gasteiger partial charge is 0.277 e. The Morgan fingerprint density at radius 1 is 1.29 bits per heavy atom. The van der Waals surface area contributed by atoms with Crippen LogP contribution in [0.2, 0.25) is 0 Å². The van der Waals surface area contributed by atoms with E-state index in [1.807, 2.05) is 13.8 Å². The van der Waals surface area contributed by atoms with Crippen molar-refractivity contribution in [2.24, 2.45) is 5.92 Å². The maximum atomic E-state index is 12.8. The molecule has 24 heavy (non-hydrogen) atoms. The molecule has 6 nitrogen and oxygen atoms in total. The van der Waals surface area contributed by atoms with Crippen LogP contribution in [0.15, 0.2) is 33.9 Å². The number of rotatable bonds is 7. The second-order valence-electron chi connectivity index (χ2n) is 5.72. The number of ether oxygens (including phenoxy) is 1. The molecule has 1 heterocycles. The number of hydrogen-bond donors (Lipinski definition) is 0. The topological polar surface area (TPSA) is 68.5 Å². The van der Waals surface area contributed by atoms with Crippen molar-refractivity contribution in [2.45, 2.75) is 30.9 Å². The summed E-state index contributed by atoms with van der Waals surface area (Å²) in [5, 5.41) is 7.87. The molecule has 0 aliphatic carbocycles. The van der Waals surface area contributed by atoms with Crippen molar-refractivity contribution in [3.63, 3.8) is 0 Å². The molecule has 0 radical (unpaired) electrons. The van der Waals surface area contributed by atoms with E-state index >= 15 is 0 Å². The van der Waals surface area contributed by atoms with E-state index in [1.165, 1.54) is 36.0 Å². The molecule has 1 aromatic heterocycles. The summed E-state index contributed by atoms with van der Waals surface area (Å²) >= 11 is 1.24. The standard InChI is InChI=1S/C16H20FN3O3S/c1-10(2)14(15(21)20(3)4)24-16-19-18-13(23-16)9-22-12-7-5-11(17)6-8-12/h5-8,10,14H,9H2,1-4H3. The number of halogens is 1. The molecule has 0 N–H and O–H groups in total. The van der Waals surface area contributed by atoms with Crippen molar-refractivity contribution < 1.29 is 18.3 Å². The number of amides is 1. The number of carbonyl (C=O) groups excluding carboxylic acids is 1. The Bertz CT molecular complexity index is 673. The molecular weight excluding hydrogens is 333 g/mol. The van der Waals surface area contributed by atoms with E-state index in [1.54, 1.807) is 19.0 Å². The lowest BCUT2D eigenvalue weighted by atomic mass is 10.1. The van der Waals surface area contributed by atoms with Crippen LogP contribution in [0.3, 0.4) is 0 Å². The third-order valence-electron chi connectivity index (χ3n) is 3.14. The van der Waals surface area contributed by atoms with Gasteiger partial charge in [-0.25, -0.2) is 4.39 Å². The van der Waals surface area contributed by atoms with Crippen molar-refractivity contribution >= 4 is 17.7 Å². The lowest BCUT2D eigenvalue weighted by Crippen LogP contribution is -2.34. The van der Waals surface area contributed by atoms with Crippen LogP contribution in [0.4, 0.5) is 4.39 Å². The number of carbonyl (C=O) groups is 1. The normalized spacial score (nSPS) is 12.2. The monoisotopic (exact) mass is 353 g/mol. The molecule has 0 fully saturated rings. The van der Waals surface area contributed by atoms with Gasteiger partial charge >= 0.3 is 0 Å². The van der Waals surface area contributed by atoms with Crippen molar-refractivity contribution in [1.82, 2.24) is 15.1 Å². The van der Waals surface area contributed by atoms with Gasteiger partial charge in [-0.3, -0.25) is 4.79 Å². The van der Waals surface area contributed by atoms with Crippen LogP contribution < -0.4 is 4.74 Å². The Labute approximate surface area is 144 Å². The molecule has 1 atom stereocenters. The molecule has 130 valence electrons. The SMILES string of the molecule is CC(C)C(Sc1nnc(COc2ccc(F)cc2)o1)C(=O)N(C)C. The molecule has 1 unspecified atom stereocenters. The van der Waals surface area contributed by atoms with Crippen LogP contribution in [0.25, 0.3) is 0 Å². The van der Waals surface area contributed by atoms with Crippen LogP contribution in [0, 0.1) is 11.7 Å². The quantitative estimate of drug-likeness (QED) is 0.713. The summed E-state index contributed by atoms with van der Waals surface area (Å²) in [5.41, 5.74) is 0. The molecule has 0 aliphatic heterocycles. The van der Waals surface area contributed by atoms with E-state index in [9.17, 15) is 9.18 Å². The third kappa shape index (κ3) is 4.95. The number of nitrogens with zero attached hydrogens (tertiary/aromatic N) is 3. The molecular formula is C16H20FN3O3S. The van der Waals surface area contributed by atoms with Crippen molar-refractivity contribution in [3.05, 3.63) is 36.0 Å². The van der Waals surface area contributed by atoms with Gasteiger partial charge in [-0.15, -0.1) is 10.2 Å². The molecule has 2 aromatic rings. The highest BCUT2D eigenvalue weighted by molar-refractivity contribution is 8.00. The Morgan fingerprint density at radius 3 is 2.54 bits per heavy atom. The minimum Gasteiger partial charge on any atom is -0.484 e. The molecule has 1 amide bonds. The fourth-order valence-corrected chi connectivity index (χ4v) is 2.89. The van der Waals surface area contributed by atoms with Gasteiger partial charge < -0.3 is 14.1 Å². The first kappa shape index (κ1) is 18.3. The molecule has 0 saturated carbocycles. The Kier molecular flexibility index (Phi) is 6.19. The summed E-state index contributed by atoms with van der Waals surface area (Å²) in [6, 6.07) is 5.66. The fourth-order valence-electron chi connectivity index (χ4n) is 1.85. The average Bonchev–Trinajstić information content (AvgIpc) is 2.98. The van der Waals surface area contributed by atoms with Crippen LogP contribution in [-0.2, 0) is 11.4 Å². The van der Waals surface area contributed by atoms with Gasteiger partial charge in [0.15, 0.2) is 6.61 Å². The van der Waals surface area contributed by atoms with Gasteiger partial charge in [0.2, 0.25) is 5.91 Å². The van der Waals surface area contributed by atoms with Crippen LogP contribution in [-0.4, -0.2) is 40.3 Å². The summed E-state index contributed by atoms with van der Waals surface area (Å²) in [6.07, 6.45) is 0. The van der Waals surface area contributed by atoms with Gasteiger partial charge in [0.05, 0.1) is 5.25 Å². The Hall–Kier alpha value is -2.09. The minimum absolute atomic E-state index is 0.00249. The number of thioether (sulfide) groups is 1. The van der Waals surface area contributed by atoms with E-state index < -0.39 is 0 Å². The molecule has 0 aliphatic rings. The van der Waals surface area contributed by atoms with Crippen LogP contribution >= 0.6 is 11.8 Å². The third-order valence-corrected chi connectivity index (χ3v) is 4.51.